The maximum atomic E-state index is 14.0. The smallest absolute Gasteiger partial charge is 0.411 e. The fourth-order valence-corrected chi connectivity index (χ4v) is 5.60. The van der Waals surface area contributed by atoms with Crippen LogP contribution < -0.4 is 5.32 Å². The van der Waals surface area contributed by atoms with E-state index in [1.807, 2.05) is 13.8 Å². The average Bonchev–Trinajstić information content (AvgIpc) is 3.57. The zero-order valence-electron chi connectivity index (χ0n) is 28.0. The second-order valence-electron chi connectivity index (χ2n) is 14.0. The zero-order valence-corrected chi connectivity index (χ0v) is 28.0. The number of aromatic nitrogens is 3. The van der Waals surface area contributed by atoms with Crippen LogP contribution in [0.3, 0.4) is 0 Å². The van der Waals surface area contributed by atoms with Crippen LogP contribution in [0.25, 0.3) is 21.5 Å². The number of carbonyl (C=O) groups is 3. The molecule has 0 spiro atoms. The predicted molar refractivity (Wildman–Crippen MR) is 165 cm³/mol. The number of nitrogens with one attached hydrogen (secondary N) is 2. The van der Waals surface area contributed by atoms with Crippen LogP contribution in [0.4, 0.5) is 15.4 Å². The summed E-state index contributed by atoms with van der Waals surface area (Å²) in [5.41, 5.74) is 8.71. The van der Waals surface area contributed by atoms with Gasteiger partial charge in [0.2, 0.25) is 0 Å². The fourth-order valence-electron chi connectivity index (χ4n) is 5.60. The molecule has 46 heavy (non-hydrogen) atoms. The summed E-state index contributed by atoms with van der Waals surface area (Å²) in [5, 5.41) is 6.29. The highest BCUT2D eigenvalue weighted by molar-refractivity contribution is 5.88. The maximum absolute atomic E-state index is 14.0. The molecule has 4 heterocycles. The van der Waals surface area contributed by atoms with Crippen LogP contribution in [0.1, 0.15) is 87.3 Å². The highest BCUT2D eigenvalue weighted by atomic mass is 16.8. The molecule has 2 aliphatic heterocycles. The summed E-state index contributed by atoms with van der Waals surface area (Å²) in [6, 6.07) is -2.69. The van der Waals surface area contributed by atoms with E-state index in [2.05, 4.69) is 30.3 Å². The molecule has 2 N–H and O–H groups in total. The van der Waals surface area contributed by atoms with Crippen LogP contribution in [-0.4, -0.2) is 85.9 Å². The van der Waals surface area contributed by atoms with Crippen LogP contribution in [0, 0.1) is 5.92 Å². The summed E-state index contributed by atoms with van der Waals surface area (Å²) >= 11 is 0. The summed E-state index contributed by atoms with van der Waals surface area (Å²) in [4.78, 5) is 55.9. The summed E-state index contributed by atoms with van der Waals surface area (Å²) in [5.74, 6) is -1.93. The molecule has 252 valence electrons. The number of H-pyrrole nitrogens is 1. The first-order valence-electron chi connectivity index (χ1n) is 15.3. The van der Waals surface area contributed by atoms with Crippen LogP contribution in [0.2, 0.25) is 0 Å². The standard InChI is InChI=1S/C30H44N8O8/c1-11-15(2)18(35-26(40)45-28(3,4)5)25(39)42-13-17-22-23(44-30(9,10)43-22)21(38(17)27(41)46-29(6,7)8)16-12-32-20-19(16)33-14-34-24(20)36-37-31/h12,14-15,17-18,21-23,32H,11,13H2,1-10H3,(H,35,40)/t15?,17-,18+,21+,22-,23+/m1/s1. The third-order valence-electron chi connectivity index (χ3n) is 7.58. The minimum atomic E-state index is -1.04. The molecule has 0 radical (unpaired) electrons. The van der Waals surface area contributed by atoms with Gasteiger partial charge < -0.3 is 34.0 Å². The molecule has 2 fully saturated rings. The van der Waals surface area contributed by atoms with E-state index in [1.54, 1.807) is 61.6 Å². The van der Waals surface area contributed by atoms with Crippen molar-refractivity contribution in [1.82, 2.24) is 25.2 Å². The molecule has 0 aliphatic carbocycles. The number of nitrogens with zero attached hydrogens (tertiary/aromatic N) is 6. The maximum Gasteiger partial charge on any atom is 0.411 e. The number of azide groups is 1. The van der Waals surface area contributed by atoms with Crippen molar-refractivity contribution in [1.29, 1.82) is 0 Å². The van der Waals surface area contributed by atoms with E-state index >= 15 is 0 Å². The minimum absolute atomic E-state index is 0.0834. The Morgan fingerprint density at radius 3 is 2.39 bits per heavy atom. The number of hydrogen-bond acceptors (Lipinski definition) is 11. The summed E-state index contributed by atoms with van der Waals surface area (Å²) < 4.78 is 29.7. The van der Waals surface area contributed by atoms with Crippen molar-refractivity contribution in [2.45, 2.75) is 123 Å². The lowest BCUT2D eigenvalue weighted by Crippen LogP contribution is -2.50. The van der Waals surface area contributed by atoms with Crippen LogP contribution in [0.5, 0.6) is 0 Å². The Morgan fingerprint density at radius 2 is 1.78 bits per heavy atom. The van der Waals surface area contributed by atoms with Gasteiger partial charge in [-0.15, -0.1) is 0 Å². The SMILES string of the molecule is CCC(C)[C@H](NC(=O)OC(C)(C)C)C(=O)OC[C@@H]1[C@H]2OC(C)(C)O[C@H]2[C@H](c2c[nH]c3c(N=[N+]=[N-])ncnc23)N1C(=O)OC(C)(C)C. The van der Waals surface area contributed by atoms with E-state index in [4.69, 9.17) is 29.2 Å². The first kappa shape index (κ1) is 34.7. The normalized spacial score (nSPS) is 23.7. The number of alkyl carbamates (subject to hydrolysis) is 1. The van der Waals surface area contributed by atoms with Crippen LogP contribution in [0.15, 0.2) is 17.6 Å². The minimum Gasteiger partial charge on any atom is -0.462 e. The van der Waals surface area contributed by atoms with Gasteiger partial charge in [0.1, 0.15) is 42.4 Å². The first-order valence-corrected chi connectivity index (χ1v) is 15.3. The molecule has 2 amide bonds. The van der Waals surface area contributed by atoms with Crippen molar-refractivity contribution in [3.8, 4) is 0 Å². The van der Waals surface area contributed by atoms with E-state index < -0.39 is 65.5 Å². The second kappa shape index (κ2) is 12.9. The van der Waals surface area contributed by atoms with Crippen LogP contribution in [-0.2, 0) is 28.5 Å². The fraction of sp³-hybridized carbons (Fsp3) is 0.700. The summed E-state index contributed by atoms with van der Waals surface area (Å²) in [6.07, 6.45) is 0.556. The predicted octanol–water partition coefficient (Wildman–Crippen LogP) is 5.56. The van der Waals surface area contributed by atoms with Gasteiger partial charge in [0.15, 0.2) is 11.6 Å². The highest BCUT2D eigenvalue weighted by Crippen LogP contribution is 2.49. The van der Waals surface area contributed by atoms with E-state index in [-0.39, 0.29) is 18.3 Å². The second-order valence-corrected chi connectivity index (χ2v) is 14.0. The number of esters is 1. The molecule has 0 bridgehead atoms. The van der Waals surface area contributed by atoms with Crippen molar-refractivity contribution < 1.29 is 38.1 Å². The number of fused-ring (bicyclic) bond motifs is 2. The molecule has 2 aromatic heterocycles. The van der Waals surface area contributed by atoms with E-state index in [1.165, 1.54) is 11.2 Å². The van der Waals surface area contributed by atoms with Crippen LogP contribution >= 0.6 is 0 Å². The molecule has 2 aromatic rings. The number of hydrogen-bond donors (Lipinski definition) is 2. The van der Waals surface area contributed by atoms with Crippen molar-refractivity contribution in [3.05, 3.63) is 28.5 Å². The van der Waals surface area contributed by atoms with Gasteiger partial charge in [-0.2, -0.15) is 0 Å². The van der Waals surface area contributed by atoms with Gasteiger partial charge in [-0.25, -0.2) is 24.4 Å². The molecule has 16 nitrogen and oxygen atoms in total. The average molecular weight is 645 g/mol. The molecule has 6 atom stereocenters. The molecule has 16 heteroatoms. The third-order valence-corrected chi connectivity index (χ3v) is 7.58. The summed E-state index contributed by atoms with van der Waals surface area (Å²) in [6.45, 7) is 17.3. The Balaban J connectivity index is 1.72. The van der Waals surface area contributed by atoms with Crippen molar-refractivity contribution in [2.75, 3.05) is 6.61 Å². The van der Waals surface area contributed by atoms with E-state index in [0.717, 1.165) is 0 Å². The summed E-state index contributed by atoms with van der Waals surface area (Å²) in [7, 11) is 0. The van der Waals surface area contributed by atoms with Gasteiger partial charge in [-0.3, -0.25) is 4.90 Å². The Morgan fingerprint density at radius 1 is 1.13 bits per heavy atom. The highest BCUT2D eigenvalue weighted by Gasteiger charge is 2.61. The molecule has 1 unspecified atom stereocenters. The Labute approximate surface area is 267 Å². The third kappa shape index (κ3) is 7.62. The van der Waals surface area contributed by atoms with E-state index in [0.29, 0.717) is 23.0 Å². The Hall–Kier alpha value is -4.14. The van der Waals surface area contributed by atoms with Gasteiger partial charge in [0.05, 0.1) is 23.1 Å². The number of aromatic amines is 1. The number of ether oxygens (including phenoxy) is 5. The van der Waals surface area contributed by atoms with Crippen molar-refractivity contribution in [3.63, 3.8) is 0 Å². The molecule has 0 saturated carbocycles. The molecule has 2 aliphatic rings. The lowest BCUT2D eigenvalue weighted by molar-refractivity contribution is -0.172. The number of likely N-dealkylation sites (tertiary alicyclic amines) is 1. The van der Waals surface area contributed by atoms with Gasteiger partial charge >= 0.3 is 18.2 Å². The first-order chi connectivity index (χ1) is 21.4. The van der Waals surface area contributed by atoms with Gasteiger partial charge in [0, 0.05) is 16.7 Å². The molecule has 4 rings (SSSR count). The van der Waals surface area contributed by atoms with Crippen molar-refractivity contribution in [2.24, 2.45) is 11.0 Å². The lowest BCUT2D eigenvalue weighted by atomic mass is 9.99. The van der Waals surface area contributed by atoms with Crippen molar-refractivity contribution >= 4 is 35.0 Å². The number of carbonyl (C=O) groups excluding carboxylic acids is 3. The van der Waals surface area contributed by atoms with Gasteiger partial charge in [0.25, 0.3) is 0 Å². The quantitative estimate of drug-likeness (QED) is 0.120. The van der Waals surface area contributed by atoms with E-state index in [9.17, 15) is 14.4 Å². The Bertz CT molecular complexity index is 1510. The molecular weight excluding hydrogens is 600 g/mol. The monoisotopic (exact) mass is 644 g/mol. The molecular formula is C30H44N8O8. The Kier molecular flexibility index (Phi) is 9.76. The van der Waals surface area contributed by atoms with Gasteiger partial charge in [-0.1, -0.05) is 20.3 Å². The number of amides is 2. The molecule has 2 saturated heterocycles. The largest absolute Gasteiger partial charge is 0.462 e. The zero-order chi connectivity index (χ0) is 34.2. The lowest BCUT2D eigenvalue weighted by Gasteiger charge is -2.35. The molecule has 0 aromatic carbocycles. The van der Waals surface area contributed by atoms with Gasteiger partial charge in [-0.05, 0) is 72.0 Å². The topological polar surface area (TPSA) is 203 Å². The number of rotatable bonds is 8.